The number of benzene rings is 3. The highest BCUT2D eigenvalue weighted by molar-refractivity contribution is 6.45. The lowest BCUT2D eigenvalue weighted by atomic mass is 10.2. The zero-order valence-electron chi connectivity index (χ0n) is 15.2. The molecule has 6 nitrogen and oxygen atoms in total. The van der Waals surface area contributed by atoms with Crippen molar-refractivity contribution >= 4 is 91.8 Å². The minimum atomic E-state index is -0.271. The Hall–Kier alpha value is -2.06. The summed E-state index contributed by atoms with van der Waals surface area (Å²) in [5.41, 5.74) is 0.811. The maximum Gasteiger partial charge on any atom is 0.231 e. The van der Waals surface area contributed by atoms with E-state index < -0.39 is 0 Å². The van der Waals surface area contributed by atoms with Gasteiger partial charge in [-0.15, -0.1) is 0 Å². The van der Waals surface area contributed by atoms with E-state index in [2.05, 4.69) is 9.97 Å². The number of nitrogens with zero attached hydrogens (tertiary/aromatic N) is 2. The molecule has 2 heterocycles. The summed E-state index contributed by atoms with van der Waals surface area (Å²) in [7, 11) is 0. The molecular weight excluding hydrogens is 545 g/mol. The molecule has 0 aliphatic rings. The smallest absolute Gasteiger partial charge is 0.231 e. The molecule has 0 aliphatic carbocycles. The monoisotopic (exact) mass is 548 g/mol. The van der Waals surface area contributed by atoms with Crippen LogP contribution in [0.1, 0.15) is 0 Å². The second kappa shape index (κ2) is 7.76. The minimum Gasteiger partial charge on any atom is -0.506 e. The first-order chi connectivity index (χ1) is 15.2. The Morgan fingerprint density at radius 2 is 0.969 bits per heavy atom. The third kappa shape index (κ3) is 3.34. The van der Waals surface area contributed by atoms with Crippen molar-refractivity contribution in [3.63, 3.8) is 0 Å². The van der Waals surface area contributed by atoms with E-state index in [9.17, 15) is 10.2 Å². The highest BCUT2D eigenvalue weighted by Crippen LogP contribution is 2.46. The third-order valence-electron chi connectivity index (χ3n) is 4.59. The number of rotatable bonds is 2. The number of oxazole rings is 2. The summed E-state index contributed by atoms with van der Waals surface area (Å²) >= 11 is 37.1. The molecule has 3 aromatic carbocycles. The van der Waals surface area contributed by atoms with Crippen LogP contribution in [-0.2, 0) is 0 Å². The molecule has 0 amide bonds. The first-order valence-corrected chi connectivity index (χ1v) is 10.9. The Kier molecular flexibility index (Phi) is 5.28. The molecule has 0 bridgehead atoms. The third-order valence-corrected chi connectivity index (χ3v) is 6.30. The summed E-state index contributed by atoms with van der Waals surface area (Å²) in [4.78, 5) is 8.65. The first kappa shape index (κ1) is 21.8. The van der Waals surface area contributed by atoms with Gasteiger partial charge in [-0.25, -0.2) is 9.97 Å². The van der Waals surface area contributed by atoms with Crippen molar-refractivity contribution in [1.82, 2.24) is 9.97 Å². The van der Waals surface area contributed by atoms with Crippen LogP contribution in [0.4, 0.5) is 0 Å². The van der Waals surface area contributed by atoms with Crippen LogP contribution in [0.2, 0.25) is 30.1 Å². The summed E-state index contributed by atoms with van der Waals surface area (Å²) in [5, 5.41) is 21.2. The van der Waals surface area contributed by atoms with Crippen LogP contribution in [0.25, 0.3) is 45.1 Å². The number of aromatic nitrogens is 2. The van der Waals surface area contributed by atoms with Gasteiger partial charge in [-0.05, 0) is 24.3 Å². The van der Waals surface area contributed by atoms with Crippen molar-refractivity contribution in [2.24, 2.45) is 0 Å². The molecule has 2 N–H and O–H groups in total. The van der Waals surface area contributed by atoms with Gasteiger partial charge in [0.05, 0.1) is 21.2 Å². The molecule has 0 atom stereocenters. The van der Waals surface area contributed by atoms with Gasteiger partial charge < -0.3 is 19.0 Å². The topological polar surface area (TPSA) is 92.5 Å². The number of aromatic hydroxyl groups is 2. The summed E-state index contributed by atoms with van der Waals surface area (Å²) in [6, 6.07) is 5.62. The largest absolute Gasteiger partial charge is 0.506 e. The SMILES string of the molecule is Oc1c(Cl)cc(Cl)cc1-c1nc2c(Cl)c3oc(-c4cc(Cl)cc(Cl)c4O)nc3c(Cl)c2o1. The van der Waals surface area contributed by atoms with Crippen molar-refractivity contribution in [2.75, 3.05) is 0 Å². The standard InChI is InChI=1S/C20H6Cl6N2O4/c21-5-1-7(15(29)9(23)3-5)19-27-13-11(25)18-14(12(26)17(13)31-19)28-20(32-18)8-2-6(22)4-10(24)16(8)30/h1-4,29-30H. The summed E-state index contributed by atoms with van der Waals surface area (Å²) in [5.74, 6) is -0.574. The normalized spacial score (nSPS) is 11.7. The Morgan fingerprint density at radius 3 is 1.34 bits per heavy atom. The van der Waals surface area contributed by atoms with E-state index in [1.807, 2.05) is 0 Å². The highest BCUT2D eigenvalue weighted by atomic mass is 35.5. The average Bonchev–Trinajstić information content (AvgIpc) is 3.37. The summed E-state index contributed by atoms with van der Waals surface area (Å²) < 4.78 is 11.5. The maximum absolute atomic E-state index is 10.3. The van der Waals surface area contributed by atoms with Gasteiger partial charge in [0, 0.05) is 10.0 Å². The fraction of sp³-hybridized carbons (Fsp3) is 0. The lowest BCUT2D eigenvalue weighted by Gasteiger charge is -2.03. The van der Waals surface area contributed by atoms with E-state index in [1.165, 1.54) is 24.3 Å². The lowest BCUT2D eigenvalue weighted by molar-refractivity contribution is 0.473. The van der Waals surface area contributed by atoms with Gasteiger partial charge in [0.2, 0.25) is 11.8 Å². The number of hydrogen-bond donors (Lipinski definition) is 2. The van der Waals surface area contributed by atoms with Gasteiger partial charge >= 0.3 is 0 Å². The van der Waals surface area contributed by atoms with Gasteiger partial charge in [0.1, 0.15) is 32.6 Å². The van der Waals surface area contributed by atoms with Crippen LogP contribution in [-0.4, -0.2) is 20.2 Å². The predicted molar refractivity (Wildman–Crippen MR) is 126 cm³/mol. The molecule has 0 spiro atoms. The molecule has 0 radical (unpaired) electrons. The van der Waals surface area contributed by atoms with Gasteiger partial charge in [0.25, 0.3) is 0 Å². The van der Waals surface area contributed by atoms with Gasteiger partial charge in [-0.1, -0.05) is 69.6 Å². The van der Waals surface area contributed by atoms with Crippen LogP contribution in [0.3, 0.4) is 0 Å². The van der Waals surface area contributed by atoms with E-state index in [-0.39, 0.29) is 86.7 Å². The molecule has 0 saturated carbocycles. The maximum atomic E-state index is 10.3. The zero-order chi connectivity index (χ0) is 22.9. The van der Waals surface area contributed by atoms with E-state index in [0.717, 1.165) is 0 Å². The molecule has 5 rings (SSSR count). The second-order valence-corrected chi connectivity index (χ2v) is 9.03. The predicted octanol–water partition coefficient (Wildman–Crippen LogP) is 8.63. The van der Waals surface area contributed by atoms with Crippen molar-refractivity contribution in [3.8, 4) is 34.4 Å². The van der Waals surface area contributed by atoms with E-state index >= 15 is 0 Å². The molecule has 12 heteroatoms. The van der Waals surface area contributed by atoms with Gasteiger partial charge in [0.15, 0.2) is 11.2 Å². The van der Waals surface area contributed by atoms with Crippen molar-refractivity contribution in [1.29, 1.82) is 0 Å². The average molecular weight is 551 g/mol. The van der Waals surface area contributed by atoms with Crippen molar-refractivity contribution in [3.05, 3.63) is 54.4 Å². The van der Waals surface area contributed by atoms with Gasteiger partial charge in [-0.2, -0.15) is 0 Å². The number of halogens is 6. The number of hydrogen-bond acceptors (Lipinski definition) is 6. The van der Waals surface area contributed by atoms with Crippen molar-refractivity contribution in [2.45, 2.75) is 0 Å². The fourth-order valence-corrected chi connectivity index (χ4v) is 4.64. The molecule has 0 saturated heterocycles. The Labute approximate surface area is 208 Å². The number of phenols is 2. The Morgan fingerprint density at radius 1 is 0.594 bits per heavy atom. The number of phenolic OH excluding ortho intramolecular Hbond substituents is 2. The Bertz CT molecular complexity index is 1410. The highest BCUT2D eigenvalue weighted by Gasteiger charge is 2.26. The van der Waals surface area contributed by atoms with Crippen LogP contribution in [0.15, 0.2) is 33.1 Å². The molecule has 0 unspecified atom stereocenters. The van der Waals surface area contributed by atoms with Crippen LogP contribution in [0, 0.1) is 0 Å². The van der Waals surface area contributed by atoms with Crippen LogP contribution in [0.5, 0.6) is 11.5 Å². The van der Waals surface area contributed by atoms with E-state index in [1.54, 1.807) is 0 Å². The number of fused-ring (bicyclic) bond motifs is 2. The molecule has 0 aliphatic heterocycles. The molecule has 162 valence electrons. The minimum absolute atomic E-state index is 0.0159. The summed E-state index contributed by atoms with van der Waals surface area (Å²) in [6.45, 7) is 0. The Balaban J connectivity index is 1.75. The van der Waals surface area contributed by atoms with Crippen LogP contribution < -0.4 is 0 Å². The quantitative estimate of drug-likeness (QED) is 0.228. The van der Waals surface area contributed by atoms with E-state index in [4.69, 9.17) is 78.4 Å². The fourth-order valence-electron chi connectivity index (χ4n) is 3.14. The van der Waals surface area contributed by atoms with E-state index in [0.29, 0.717) is 0 Å². The molecular formula is C20H6Cl6N2O4. The molecule has 32 heavy (non-hydrogen) atoms. The van der Waals surface area contributed by atoms with Gasteiger partial charge in [-0.3, -0.25) is 0 Å². The zero-order valence-corrected chi connectivity index (χ0v) is 19.7. The first-order valence-electron chi connectivity index (χ1n) is 8.60. The van der Waals surface area contributed by atoms with Crippen molar-refractivity contribution < 1.29 is 19.0 Å². The summed E-state index contributed by atoms with van der Waals surface area (Å²) in [6.07, 6.45) is 0. The molecule has 2 aromatic heterocycles. The molecule has 0 fully saturated rings. The second-order valence-electron chi connectivity index (χ2n) is 6.59. The molecule has 5 aromatic rings. The lowest BCUT2D eigenvalue weighted by Crippen LogP contribution is -1.81. The van der Waals surface area contributed by atoms with Crippen LogP contribution >= 0.6 is 69.6 Å².